The Kier molecular flexibility index (Phi) is 4.04. The highest BCUT2D eigenvalue weighted by atomic mass is 19.1. The van der Waals surface area contributed by atoms with Crippen molar-refractivity contribution in [1.29, 1.82) is 0 Å². The van der Waals surface area contributed by atoms with Crippen LogP contribution in [0.5, 0.6) is 5.75 Å². The number of amides is 1. The standard InChI is InChI=1S/C14H16FNO3/c1-19-13-3-2-11(9-12(13)15)8-10-4-6-16(7-5-10)14(17)18/h2-3,8-9H,4-7H2,1H3,(H,17,18). The zero-order valence-electron chi connectivity index (χ0n) is 10.7. The summed E-state index contributed by atoms with van der Waals surface area (Å²) in [5.74, 6) is -0.164. The van der Waals surface area contributed by atoms with Crippen molar-refractivity contribution in [2.45, 2.75) is 12.8 Å². The van der Waals surface area contributed by atoms with Gasteiger partial charge in [-0.2, -0.15) is 0 Å². The Hall–Kier alpha value is -2.04. The summed E-state index contributed by atoms with van der Waals surface area (Å²) in [4.78, 5) is 12.2. The third kappa shape index (κ3) is 3.24. The van der Waals surface area contributed by atoms with Gasteiger partial charge in [0, 0.05) is 13.1 Å². The number of methoxy groups -OCH3 is 1. The first-order valence-electron chi connectivity index (χ1n) is 6.11. The number of piperidine rings is 1. The van der Waals surface area contributed by atoms with Gasteiger partial charge in [0.2, 0.25) is 0 Å². The smallest absolute Gasteiger partial charge is 0.407 e. The van der Waals surface area contributed by atoms with E-state index in [0.717, 1.165) is 11.1 Å². The fourth-order valence-electron chi connectivity index (χ4n) is 2.14. The summed E-state index contributed by atoms with van der Waals surface area (Å²) in [6.07, 6.45) is 2.43. The second-order valence-electron chi connectivity index (χ2n) is 4.47. The summed E-state index contributed by atoms with van der Waals surface area (Å²) >= 11 is 0. The fraction of sp³-hybridized carbons (Fsp3) is 0.357. The molecule has 1 amide bonds. The molecule has 1 aromatic rings. The minimum atomic E-state index is -0.880. The van der Waals surface area contributed by atoms with Crippen LogP contribution in [0.4, 0.5) is 9.18 Å². The Morgan fingerprint density at radius 3 is 2.63 bits per heavy atom. The summed E-state index contributed by atoms with van der Waals surface area (Å²) in [6.45, 7) is 1.000. The molecule has 0 saturated carbocycles. The molecule has 0 spiro atoms. The van der Waals surface area contributed by atoms with Crippen LogP contribution >= 0.6 is 0 Å². The molecule has 0 aliphatic carbocycles. The highest BCUT2D eigenvalue weighted by Gasteiger charge is 2.17. The van der Waals surface area contributed by atoms with E-state index in [1.807, 2.05) is 6.08 Å². The number of hydrogen-bond acceptors (Lipinski definition) is 2. The first kappa shape index (κ1) is 13.4. The largest absolute Gasteiger partial charge is 0.494 e. The minimum Gasteiger partial charge on any atom is -0.494 e. The van der Waals surface area contributed by atoms with E-state index in [4.69, 9.17) is 9.84 Å². The van der Waals surface area contributed by atoms with Gasteiger partial charge in [-0.05, 0) is 30.5 Å². The van der Waals surface area contributed by atoms with Crippen LogP contribution in [0.3, 0.4) is 0 Å². The van der Waals surface area contributed by atoms with Crippen LogP contribution in [0.1, 0.15) is 18.4 Å². The maximum absolute atomic E-state index is 13.5. The first-order valence-corrected chi connectivity index (χ1v) is 6.11. The topological polar surface area (TPSA) is 49.8 Å². The van der Waals surface area contributed by atoms with Crippen LogP contribution in [0.25, 0.3) is 6.08 Å². The normalized spacial score (nSPS) is 15.3. The van der Waals surface area contributed by atoms with Crippen LogP contribution in [-0.2, 0) is 0 Å². The lowest BCUT2D eigenvalue weighted by atomic mass is 10.0. The van der Waals surface area contributed by atoms with E-state index >= 15 is 0 Å². The SMILES string of the molecule is COc1ccc(C=C2CCN(C(=O)O)CC2)cc1F. The number of carbonyl (C=O) groups is 1. The number of carboxylic acid groups (broad SMARTS) is 1. The van der Waals surface area contributed by atoms with Gasteiger partial charge in [-0.25, -0.2) is 9.18 Å². The van der Waals surface area contributed by atoms with Crippen molar-refractivity contribution in [3.8, 4) is 5.75 Å². The molecule has 1 N–H and O–H groups in total. The van der Waals surface area contributed by atoms with E-state index in [1.165, 1.54) is 18.1 Å². The molecule has 1 saturated heterocycles. The van der Waals surface area contributed by atoms with Crippen molar-refractivity contribution < 1.29 is 19.0 Å². The maximum Gasteiger partial charge on any atom is 0.407 e. The second-order valence-corrected chi connectivity index (χ2v) is 4.47. The van der Waals surface area contributed by atoms with Gasteiger partial charge in [0.05, 0.1) is 7.11 Å². The molecule has 102 valence electrons. The molecular formula is C14H16FNO3. The number of hydrogen-bond donors (Lipinski definition) is 1. The summed E-state index contributed by atoms with van der Waals surface area (Å²) in [7, 11) is 1.43. The van der Waals surface area contributed by atoms with Crippen molar-refractivity contribution in [2.24, 2.45) is 0 Å². The van der Waals surface area contributed by atoms with E-state index < -0.39 is 6.09 Å². The number of halogens is 1. The second kappa shape index (κ2) is 5.73. The van der Waals surface area contributed by atoms with E-state index in [-0.39, 0.29) is 11.6 Å². The molecule has 5 heteroatoms. The summed E-state index contributed by atoms with van der Waals surface area (Å²) in [5.41, 5.74) is 1.92. The lowest BCUT2D eigenvalue weighted by molar-refractivity contribution is 0.142. The Labute approximate surface area is 111 Å². The van der Waals surface area contributed by atoms with Crippen molar-refractivity contribution in [3.05, 3.63) is 35.2 Å². The summed E-state index contributed by atoms with van der Waals surface area (Å²) < 4.78 is 18.4. The zero-order chi connectivity index (χ0) is 13.8. The molecule has 1 heterocycles. The molecule has 1 aliphatic rings. The van der Waals surface area contributed by atoms with E-state index in [9.17, 15) is 9.18 Å². The zero-order valence-corrected chi connectivity index (χ0v) is 10.7. The molecule has 0 aromatic heterocycles. The molecular weight excluding hydrogens is 249 g/mol. The van der Waals surface area contributed by atoms with Gasteiger partial charge in [-0.1, -0.05) is 17.7 Å². The Morgan fingerprint density at radius 1 is 1.42 bits per heavy atom. The van der Waals surface area contributed by atoms with Gasteiger partial charge in [-0.15, -0.1) is 0 Å². The highest BCUT2D eigenvalue weighted by Crippen LogP contribution is 2.23. The molecule has 1 aliphatic heterocycles. The Morgan fingerprint density at radius 2 is 2.11 bits per heavy atom. The van der Waals surface area contributed by atoms with E-state index in [1.54, 1.807) is 12.1 Å². The van der Waals surface area contributed by atoms with Gasteiger partial charge in [-0.3, -0.25) is 0 Å². The molecule has 2 rings (SSSR count). The van der Waals surface area contributed by atoms with Crippen LogP contribution in [0.2, 0.25) is 0 Å². The number of ether oxygens (including phenoxy) is 1. The Bertz CT molecular complexity index is 503. The van der Waals surface area contributed by atoms with Gasteiger partial charge < -0.3 is 14.7 Å². The number of likely N-dealkylation sites (tertiary alicyclic amines) is 1. The van der Waals surface area contributed by atoms with Crippen molar-refractivity contribution in [3.63, 3.8) is 0 Å². The van der Waals surface area contributed by atoms with Gasteiger partial charge >= 0.3 is 6.09 Å². The number of benzene rings is 1. The van der Waals surface area contributed by atoms with E-state index in [2.05, 4.69) is 0 Å². The lowest BCUT2D eigenvalue weighted by Gasteiger charge is -2.25. The molecule has 0 radical (unpaired) electrons. The average molecular weight is 265 g/mol. The van der Waals surface area contributed by atoms with Crippen molar-refractivity contribution in [1.82, 2.24) is 4.90 Å². The van der Waals surface area contributed by atoms with Gasteiger partial charge in [0.1, 0.15) is 0 Å². The van der Waals surface area contributed by atoms with Crippen LogP contribution in [-0.4, -0.2) is 36.3 Å². The average Bonchev–Trinajstić information content (AvgIpc) is 2.39. The molecule has 1 fully saturated rings. The fourth-order valence-corrected chi connectivity index (χ4v) is 2.14. The highest BCUT2D eigenvalue weighted by molar-refractivity contribution is 5.65. The lowest BCUT2D eigenvalue weighted by Crippen LogP contribution is -2.35. The molecule has 1 aromatic carbocycles. The molecule has 0 unspecified atom stereocenters. The number of nitrogens with zero attached hydrogens (tertiary/aromatic N) is 1. The van der Waals surface area contributed by atoms with Crippen molar-refractivity contribution >= 4 is 12.2 Å². The van der Waals surface area contributed by atoms with Crippen LogP contribution in [0.15, 0.2) is 23.8 Å². The van der Waals surface area contributed by atoms with E-state index in [0.29, 0.717) is 25.9 Å². The molecule has 4 nitrogen and oxygen atoms in total. The van der Waals surface area contributed by atoms with Crippen LogP contribution < -0.4 is 4.74 Å². The molecule has 19 heavy (non-hydrogen) atoms. The predicted octanol–water partition coefficient (Wildman–Crippen LogP) is 2.99. The summed E-state index contributed by atoms with van der Waals surface area (Å²) in [5, 5.41) is 8.85. The quantitative estimate of drug-likeness (QED) is 0.894. The predicted molar refractivity (Wildman–Crippen MR) is 69.8 cm³/mol. The summed E-state index contributed by atoms with van der Waals surface area (Å²) in [6, 6.07) is 4.81. The van der Waals surface area contributed by atoms with Crippen LogP contribution in [0, 0.1) is 5.82 Å². The third-order valence-electron chi connectivity index (χ3n) is 3.22. The molecule has 0 atom stereocenters. The maximum atomic E-state index is 13.5. The minimum absolute atomic E-state index is 0.225. The monoisotopic (exact) mass is 265 g/mol. The first-order chi connectivity index (χ1) is 9.10. The Balaban J connectivity index is 2.06. The van der Waals surface area contributed by atoms with Crippen molar-refractivity contribution in [2.75, 3.05) is 20.2 Å². The number of rotatable bonds is 2. The third-order valence-corrected chi connectivity index (χ3v) is 3.22. The van der Waals surface area contributed by atoms with Gasteiger partial charge in [0.25, 0.3) is 0 Å². The van der Waals surface area contributed by atoms with Gasteiger partial charge in [0.15, 0.2) is 11.6 Å². The molecule has 0 bridgehead atoms.